The van der Waals surface area contributed by atoms with Gasteiger partial charge in [-0.3, -0.25) is 9.59 Å². The number of rotatable bonds is 3. The third-order valence-corrected chi connectivity index (χ3v) is 5.03. The molecule has 2 fully saturated rings. The number of likely N-dealkylation sites (tertiary alicyclic amines) is 2. The highest BCUT2D eigenvalue weighted by molar-refractivity contribution is 5.80. The third-order valence-electron chi connectivity index (χ3n) is 5.03. The van der Waals surface area contributed by atoms with Crippen molar-refractivity contribution in [3.05, 3.63) is 30.3 Å². The quantitative estimate of drug-likeness (QED) is 0.854. The molecule has 130 valence electrons. The SMILES string of the molecule is CC(=O)N1CCC(C(=O)N2CCCC(Oc3ccccc3)C2)CC1. The Labute approximate surface area is 143 Å². The van der Waals surface area contributed by atoms with Gasteiger partial charge in [0, 0.05) is 32.5 Å². The molecule has 0 saturated carbocycles. The summed E-state index contributed by atoms with van der Waals surface area (Å²) in [6.07, 6.45) is 3.59. The molecule has 1 atom stereocenters. The molecule has 1 aromatic carbocycles. The van der Waals surface area contributed by atoms with Gasteiger partial charge >= 0.3 is 0 Å². The standard InChI is InChI=1S/C19H26N2O3/c1-15(22)20-12-9-16(10-13-20)19(23)21-11-5-8-18(14-21)24-17-6-3-2-4-7-17/h2-4,6-7,16,18H,5,8-14H2,1H3. The number of ether oxygens (including phenoxy) is 1. The summed E-state index contributed by atoms with van der Waals surface area (Å²) in [5.41, 5.74) is 0. The molecule has 5 heteroatoms. The van der Waals surface area contributed by atoms with Crippen LogP contribution in [0.5, 0.6) is 5.75 Å². The van der Waals surface area contributed by atoms with Crippen LogP contribution in [0.25, 0.3) is 0 Å². The molecule has 2 saturated heterocycles. The Hall–Kier alpha value is -2.04. The van der Waals surface area contributed by atoms with Crippen LogP contribution in [-0.4, -0.2) is 53.9 Å². The maximum atomic E-state index is 12.8. The zero-order valence-electron chi connectivity index (χ0n) is 14.3. The largest absolute Gasteiger partial charge is 0.489 e. The summed E-state index contributed by atoms with van der Waals surface area (Å²) in [4.78, 5) is 28.0. The highest BCUT2D eigenvalue weighted by Crippen LogP contribution is 2.23. The van der Waals surface area contributed by atoms with E-state index in [1.165, 1.54) is 0 Å². The molecule has 2 aliphatic rings. The van der Waals surface area contributed by atoms with Crippen LogP contribution in [0.1, 0.15) is 32.6 Å². The van der Waals surface area contributed by atoms with Gasteiger partial charge < -0.3 is 14.5 Å². The molecule has 1 aromatic rings. The topological polar surface area (TPSA) is 49.9 Å². The third kappa shape index (κ3) is 4.08. The highest BCUT2D eigenvalue weighted by Gasteiger charge is 2.32. The van der Waals surface area contributed by atoms with Crippen molar-refractivity contribution in [3.63, 3.8) is 0 Å². The normalized spacial score (nSPS) is 22.3. The van der Waals surface area contributed by atoms with E-state index in [1.807, 2.05) is 40.1 Å². The second-order valence-corrected chi connectivity index (χ2v) is 6.76. The fourth-order valence-corrected chi connectivity index (χ4v) is 3.63. The maximum Gasteiger partial charge on any atom is 0.225 e. The Morgan fingerprint density at radius 3 is 2.38 bits per heavy atom. The van der Waals surface area contributed by atoms with E-state index >= 15 is 0 Å². The zero-order chi connectivity index (χ0) is 16.9. The van der Waals surface area contributed by atoms with E-state index in [9.17, 15) is 9.59 Å². The first-order chi connectivity index (χ1) is 11.6. The molecule has 0 N–H and O–H groups in total. The van der Waals surface area contributed by atoms with Crippen molar-refractivity contribution in [1.82, 2.24) is 9.80 Å². The van der Waals surface area contributed by atoms with Crippen molar-refractivity contribution in [2.24, 2.45) is 5.92 Å². The van der Waals surface area contributed by atoms with Gasteiger partial charge in [-0.05, 0) is 37.8 Å². The molecule has 0 spiro atoms. The van der Waals surface area contributed by atoms with Gasteiger partial charge in [-0.2, -0.15) is 0 Å². The molecule has 0 aromatic heterocycles. The van der Waals surface area contributed by atoms with Crippen molar-refractivity contribution in [2.45, 2.75) is 38.7 Å². The molecule has 0 aliphatic carbocycles. The minimum absolute atomic E-state index is 0.0519. The number of nitrogens with zero attached hydrogens (tertiary/aromatic N) is 2. The van der Waals surface area contributed by atoms with Gasteiger partial charge in [0.2, 0.25) is 11.8 Å². The molecule has 2 aliphatic heterocycles. The average Bonchev–Trinajstić information content (AvgIpc) is 2.62. The lowest BCUT2D eigenvalue weighted by molar-refractivity contribution is -0.142. The van der Waals surface area contributed by atoms with Crippen molar-refractivity contribution < 1.29 is 14.3 Å². The number of carbonyl (C=O) groups is 2. The van der Waals surface area contributed by atoms with Gasteiger partial charge in [0.15, 0.2) is 0 Å². The maximum absolute atomic E-state index is 12.8. The monoisotopic (exact) mass is 330 g/mol. The van der Waals surface area contributed by atoms with Gasteiger partial charge in [0.25, 0.3) is 0 Å². The lowest BCUT2D eigenvalue weighted by Gasteiger charge is -2.37. The van der Waals surface area contributed by atoms with Crippen LogP contribution in [0.3, 0.4) is 0 Å². The molecule has 5 nitrogen and oxygen atoms in total. The van der Waals surface area contributed by atoms with Gasteiger partial charge in [0.1, 0.15) is 11.9 Å². The summed E-state index contributed by atoms with van der Waals surface area (Å²) in [6.45, 7) is 4.48. The number of benzene rings is 1. The molecule has 3 rings (SSSR count). The fraction of sp³-hybridized carbons (Fsp3) is 0.579. The Morgan fingerprint density at radius 2 is 1.71 bits per heavy atom. The van der Waals surface area contributed by atoms with Crippen molar-refractivity contribution in [3.8, 4) is 5.75 Å². The van der Waals surface area contributed by atoms with E-state index in [0.717, 1.165) is 38.0 Å². The molecule has 1 unspecified atom stereocenters. The number of amides is 2. The summed E-state index contributed by atoms with van der Waals surface area (Å²) < 4.78 is 6.02. The molecule has 2 amide bonds. The first kappa shape index (κ1) is 16.8. The van der Waals surface area contributed by atoms with Gasteiger partial charge in [-0.25, -0.2) is 0 Å². The number of para-hydroxylation sites is 1. The second kappa shape index (κ2) is 7.69. The summed E-state index contributed by atoms with van der Waals surface area (Å²) in [7, 11) is 0. The Kier molecular flexibility index (Phi) is 5.38. The Bertz CT molecular complexity index is 567. The van der Waals surface area contributed by atoms with Crippen molar-refractivity contribution in [1.29, 1.82) is 0 Å². The Balaban J connectivity index is 1.53. The number of carbonyl (C=O) groups excluding carboxylic acids is 2. The molecule has 0 bridgehead atoms. The van der Waals surface area contributed by atoms with Crippen LogP contribution in [0.2, 0.25) is 0 Å². The van der Waals surface area contributed by atoms with E-state index in [4.69, 9.17) is 4.74 Å². The van der Waals surface area contributed by atoms with Crippen LogP contribution in [-0.2, 0) is 9.59 Å². The highest BCUT2D eigenvalue weighted by atomic mass is 16.5. The predicted octanol–water partition coefficient (Wildman–Crippen LogP) is 2.31. The van der Waals surface area contributed by atoms with E-state index in [2.05, 4.69) is 0 Å². The fourth-order valence-electron chi connectivity index (χ4n) is 3.63. The van der Waals surface area contributed by atoms with E-state index in [0.29, 0.717) is 19.6 Å². The van der Waals surface area contributed by atoms with Crippen LogP contribution < -0.4 is 4.74 Å². The molecular weight excluding hydrogens is 304 g/mol. The van der Waals surface area contributed by atoms with Crippen molar-refractivity contribution in [2.75, 3.05) is 26.2 Å². The summed E-state index contributed by atoms with van der Waals surface area (Å²) >= 11 is 0. The first-order valence-electron chi connectivity index (χ1n) is 8.89. The van der Waals surface area contributed by atoms with Gasteiger partial charge in [-0.1, -0.05) is 18.2 Å². The van der Waals surface area contributed by atoms with Crippen LogP contribution in [0.15, 0.2) is 30.3 Å². The first-order valence-corrected chi connectivity index (χ1v) is 8.89. The van der Waals surface area contributed by atoms with Crippen LogP contribution >= 0.6 is 0 Å². The van der Waals surface area contributed by atoms with Crippen LogP contribution in [0, 0.1) is 5.92 Å². The average molecular weight is 330 g/mol. The summed E-state index contributed by atoms with van der Waals surface area (Å²) in [6, 6.07) is 9.81. The van der Waals surface area contributed by atoms with Gasteiger partial charge in [-0.15, -0.1) is 0 Å². The van der Waals surface area contributed by atoms with Crippen LogP contribution in [0.4, 0.5) is 0 Å². The summed E-state index contributed by atoms with van der Waals surface area (Å²) in [5, 5.41) is 0. The van der Waals surface area contributed by atoms with E-state index in [-0.39, 0.29) is 23.8 Å². The lowest BCUT2D eigenvalue weighted by atomic mass is 9.94. The minimum atomic E-state index is 0.0519. The minimum Gasteiger partial charge on any atom is -0.489 e. The number of hydrogen-bond donors (Lipinski definition) is 0. The smallest absolute Gasteiger partial charge is 0.225 e. The zero-order valence-corrected chi connectivity index (χ0v) is 14.3. The Morgan fingerprint density at radius 1 is 1.00 bits per heavy atom. The second-order valence-electron chi connectivity index (χ2n) is 6.76. The van der Waals surface area contributed by atoms with Crippen molar-refractivity contribution >= 4 is 11.8 Å². The molecule has 2 heterocycles. The number of piperidine rings is 2. The predicted molar refractivity (Wildman–Crippen MR) is 91.7 cm³/mol. The molecule has 0 radical (unpaired) electrons. The molecular formula is C19H26N2O3. The van der Waals surface area contributed by atoms with E-state index < -0.39 is 0 Å². The lowest BCUT2D eigenvalue weighted by Crippen LogP contribution is -2.49. The summed E-state index contributed by atoms with van der Waals surface area (Å²) in [5.74, 6) is 1.26. The van der Waals surface area contributed by atoms with Gasteiger partial charge in [0.05, 0.1) is 6.54 Å². The van der Waals surface area contributed by atoms with E-state index in [1.54, 1.807) is 6.92 Å². The molecule has 24 heavy (non-hydrogen) atoms. The number of hydrogen-bond acceptors (Lipinski definition) is 3.